The van der Waals surface area contributed by atoms with E-state index >= 15 is 0 Å². The third-order valence-corrected chi connectivity index (χ3v) is 2.79. The van der Waals surface area contributed by atoms with Crippen molar-refractivity contribution in [1.82, 2.24) is 20.1 Å². The second kappa shape index (κ2) is 5.10. The first-order valence-electron chi connectivity index (χ1n) is 5.86. The van der Waals surface area contributed by atoms with Crippen molar-refractivity contribution in [3.8, 4) is 5.69 Å². The van der Waals surface area contributed by atoms with Crippen LogP contribution in [0, 0.1) is 0 Å². The van der Waals surface area contributed by atoms with Crippen LogP contribution in [-0.2, 0) is 6.54 Å². The van der Waals surface area contributed by atoms with Crippen molar-refractivity contribution < 1.29 is 0 Å². The molecule has 0 atom stereocenters. The zero-order valence-corrected chi connectivity index (χ0v) is 10.5. The highest BCUT2D eigenvalue weighted by molar-refractivity contribution is 5.36. The molecule has 0 aliphatic rings. The van der Waals surface area contributed by atoms with Gasteiger partial charge >= 0.3 is 0 Å². The third kappa shape index (κ3) is 2.53. The molecule has 2 rings (SSSR count). The molecule has 0 saturated heterocycles. The van der Waals surface area contributed by atoms with Gasteiger partial charge in [0.25, 0.3) is 0 Å². The molecule has 0 bridgehead atoms. The zero-order valence-electron chi connectivity index (χ0n) is 10.5. The topological polar surface area (TPSA) is 42.7 Å². The summed E-state index contributed by atoms with van der Waals surface area (Å²) in [6.07, 6.45) is 1.75. The van der Waals surface area contributed by atoms with Crippen LogP contribution in [0.5, 0.6) is 0 Å². The Morgan fingerprint density at radius 3 is 2.53 bits per heavy atom. The van der Waals surface area contributed by atoms with Crippen molar-refractivity contribution in [3.05, 3.63) is 42.0 Å². The number of rotatable bonds is 4. The van der Waals surface area contributed by atoms with Crippen molar-refractivity contribution in [2.75, 3.05) is 7.05 Å². The highest BCUT2D eigenvalue weighted by Gasteiger charge is 2.05. The monoisotopic (exact) mass is 230 g/mol. The summed E-state index contributed by atoms with van der Waals surface area (Å²) in [4.78, 5) is 0. The molecule has 0 aliphatic carbocycles. The van der Waals surface area contributed by atoms with E-state index in [1.165, 1.54) is 5.56 Å². The second-order valence-electron chi connectivity index (χ2n) is 4.39. The Hall–Kier alpha value is -1.68. The van der Waals surface area contributed by atoms with Gasteiger partial charge in [-0.2, -0.15) is 0 Å². The predicted molar refractivity (Wildman–Crippen MR) is 68.2 cm³/mol. The first kappa shape index (κ1) is 11.8. The van der Waals surface area contributed by atoms with E-state index < -0.39 is 0 Å². The van der Waals surface area contributed by atoms with Gasteiger partial charge in [0, 0.05) is 5.69 Å². The second-order valence-corrected chi connectivity index (χ2v) is 4.39. The lowest BCUT2D eigenvalue weighted by Crippen LogP contribution is -2.11. The van der Waals surface area contributed by atoms with Gasteiger partial charge in [0.1, 0.15) is 6.33 Å². The SMILES string of the molecule is CNCc1nncn1-c1ccc(C(C)C)cc1. The number of benzene rings is 1. The average molecular weight is 230 g/mol. The van der Waals surface area contributed by atoms with Crippen molar-refractivity contribution >= 4 is 0 Å². The maximum absolute atomic E-state index is 4.09. The summed E-state index contributed by atoms with van der Waals surface area (Å²) in [5.74, 6) is 1.48. The molecule has 1 N–H and O–H groups in total. The molecule has 0 fully saturated rings. The molecule has 1 aromatic heterocycles. The van der Waals surface area contributed by atoms with Crippen LogP contribution in [0.25, 0.3) is 5.69 Å². The van der Waals surface area contributed by atoms with Crippen LogP contribution in [0.2, 0.25) is 0 Å². The highest BCUT2D eigenvalue weighted by atomic mass is 15.3. The standard InChI is InChI=1S/C13H18N4/c1-10(2)11-4-6-12(7-5-11)17-9-15-16-13(17)8-14-3/h4-7,9-10,14H,8H2,1-3H3. The van der Waals surface area contributed by atoms with Gasteiger partial charge in [0.15, 0.2) is 5.82 Å². The minimum atomic E-state index is 0.557. The summed E-state index contributed by atoms with van der Waals surface area (Å²) in [5, 5.41) is 11.1. The molecule has 1 heterocycles. The number of aromatic nitrogens is 3. The van der Waals surface area contributed by atoms with Gasteiger partial charge in [-0.05, 0) is 30.7 Å². The Labute approximate surface area is 102 Å². The smallest absolute Gasteiger partial charge is 0.151 e. The molecular formula is C13H18N4. The Morgan fingerprint density at radius 2 is 1.94 bits per heavy atom. The van der Waals surface area contributed by atoms with E-state index in [1.807, 2.05) is 11.6 Å². The lowest BCUT2D eigenvalue weighted by Gasteiger charge is -2.09. The lowest BCUT2D eigenvalue weighted by atomic mass is 10.0. The molecule has 0 spiro atoms. The Balaban J connectivity index is 2.30. The molecule has 0 radical (unpaired) electrons. The summed E-state index contributed by atoms with van der Waals surface area (Å²) in [6, 6.07) is 8.53. The zero-order chi connectivity index (χ0) is 12.3. The fraction of sp³-hybridized carbons (Fsp3) is 0.385. The van der Waals surface area contributed by atoms with Crippen molar-refractivity contribution in [2.45, 2.75) is 26.3 Å². The van der Waals surface area contributed by atoms with Crippen LogP contribution in [0.1, 0.15) is 31.2 Å². The van der Waals surface area contributed by atoms with Crippen LogP contribution < -0.4 is 5.32 Å². The summed E-state index contributed by atoms with van der Waals surface area (Å²) in [5.41, 5.74) is 2.45. The maximum atomic E-state index is 4.09. The van der Waals surface area contributed by atoms with Gasteiger partial charge in [0.2, 0.25) is 0 Å². The first-order valence-corrected chi connectivity index (χ1v) is 5.86. The molecule has 2 aromatic rings. The number of hydrogen-bond acceptors (Lipinski definition) is 3. The van der Waals surface area contributed by atoms with Crippen LogP contribution in [0.15, 0.2) is 30.6 Å². The third-order valence-electron chi connectivity index (χ3n) is 2.79. The Bertz CT molecular complexity index is 470. The molecule has 17 heavy (non-hydrogen) atoms. The molecule has 90 valence electrons. The Morgan fingerprint density at radius 1 is 1.24 bits per heavy atom. The quantitative estimate of drug-likeness (QED) is 0.874. The van der Waals surface area contributed by atoms with Crippen molar-refractivity contribution in [2.24, 2.45) is 0 Å². The van der Waals surface area contributed by atoms with Gasteiger partial charge in [-0.15, -0.1) is 10.2 Å². The van der Waals surface area contributed by atoms with Crippen LogP contribution in [0.4, 0.5) is 0 Å². The number of hydrogen-bond donors (Lipinski definition) is 1. The predicted octanol–water partition coefficient (Wildman–Crippen LogP) is 2.11. The van der Waals surface area contributed by atoms with E-state index in [1.54, 1.807) is 6.33 Å². The summed E-state index contributed by atoms with van der Waals surface area (Å²) < 4.78 is 2.00. The molecular weight excluding hydrogens is 212 g/mol. The van der Waals surface area contributed by atoms with E-state index in [4.69, 9.17) is 0 Å². The number of nitrogens with one attached hydrogen (secondary N) is 1. The highest BCUT2D eigenvalue weighted by Crippen LogP contribution is 2.17. The maximum Gasteiger partial charge on any atom is 0.151 e. The fourth-order valence-electron chi connectivity index (χ4n) is 1.77. The summed E-state index contributed by atoms with van der Waals surface area (Å²) in [7, 11) is 1.90. The molecule has 4 heteroatoms. The molecule has 0 saturated carbocycles. The van der Waals surface area contributed by atoms with E-state index in [9.17, 15) is 0 Å². The summed E-state index contributed by atoms with van der Waals surface area (Å²) in [6.45, 7) is 5.10. The van der Waals surface area contributed by atoms with Gasteiger partial charge in [-0.3, -0.25) is 4.57 Å². The molecule has 4 nitrogen and oxygen atoms in total. The minimum Gasteiger partial charge on any atom is -0.313 e. The van der Waals surface area contributed by atoms with E-state index in [0.717, 1.165) is 11.5 Å². The molecule has 0 amide bonds. The van der Waals surface area contributed by atoms with E-state index in [-0.39, 0.29) is 0 Å². The fourth-order valence-corrected chi connectivity index (χ4v) is 1.77. The lowest BCUT2D eigenvalue weighted by molar-refractivity contribution is 0.736. The van der Waals surface area contributed by atoms with Crippen molar-refractivity contribution in [3.63, 3.8) is 0 Å². The van der Waals surface area contributed by atoms with E-state index in [0.29, 0.717) is 12.5 Å². The Kier molecular flexibility index (Phi) is 3.54. The number of nitrogens with zero attached hydrogens (tertiary/aromatic N) is 3. The molecule has 1 aromatic carbocycles. The van der Waals surface area contributed by atoms with Crippen LogP contribution in [-0.4, -0.2) is 21.8 Å². The largest absolute Gasteiger partial charge is 0.313 e. The molecule has 0 aliphatic heterocycles. The van der Waals surface area contributed by atoms with Gasteiger partial charge in [-0.25, -0.2) is 0 Å². The molecule has 0 unspecified atom stereocenters. The van der Waals surface area contributed by atoms with Crippen LogP contribution in [0.3, 0.4) is 0 Å². The van der Waals surface area contributed by atoms with Gasteiger partial charge < -0.3 is 5.32 Å². The normalized spacial score (nSPS) is 11.1. The van der Waals surface area contributed by atoms with Crippen molar-refractivity contribution in [1.29, 1.82) is 0 Å². The van der Waals surface area contributed by atoms with Crippen LogP contribution >= 0.6 is 0 Å². The van der Waals surface area contributed by atoms with Gasteiger partial charge in [-0.1, -0.05) is 26.0 Å². The first-order chi connectivity index (χ1) is 8.22. The summed E-state index contributed by atoms with van der Waals surface area (Å²) >= 11 is 0. The average Bonchev–Trinajstić information content (AvgIpc) is 2.78. The van der Waals surface area contributed by atoms with Gasteiger partial charge in [0.05, 0.1) is 6.54 Å². The minimum absolute atomic E-state index is 0.557. The van der Waals surface area contributed by atoms with E-state index in [2.05, 4.69) is 53.6 Å².